The molecular formula is C20H28N4O4. The fraction of sp³-hybridized carbons (Fsp3) is 0.400. The van der Waals surface area contributed by atoms with Crippen molar-refractivity contribution in [1.82, 2.24) is 16.0 Å². The lowest BCUT2D eigenvalue weighted by atomic mass is 10.3. The molecule has 0 fully saturated rings. The van der Waals surface area contributed by atoms with Gasteiger partial charge in [0.1, 0.15) is 29.9 Å². The fourth-order valence-electron chi connectivity index (χ4n) is 2.34. The minimum Gasteiger partial charge on any atom is -0.497 e. The molecular weight excluding hydrogens is 360 g/mol. The summed E-state index contributed by atoms with van der Waals surface area (Å²) in [6.45, 7) is 5.48. The van der Waals surface area contributed by atoms with Crippen LogP contribution in [0.25, 0.3) is 0 Å². The van der Waals surface area contributed by atoms with Gasteiger partial charge in [0.05, 0.1) is 26.5 Å². The maximum atomic E-state index is 11.9. The summed E-state index contributed by atoms with van der Waals surface area (Å²) in [5.74, 6) is 2.54. The van der Waals surface area contributed by atoms with Gasteiger partial charge in [-0.25, -0.2) is 4.99 Å². The van der Waals surface area contributed by atoms with E-state index in [1.807, 2.05) is 38.1 Å². The number of hydrogen-bond donors (Lipinski definition) is 3. The second-order valence-electron chi connectivity index (χ2n) is 6.04. The van der Waals surface area contributed by atoms with Gasteiger partial charge in [-0.2, -0.15) is 0 Å². The van der Waals surface area contributed by atoms with Gasteiger partial charge in [-0.15, -0.1) is 0 Å². The predicted octanol–water partition coefficient (Wildman–Crippen LogP) is 1.93. The van der Waals surface area contributed by atoms with Crippen molar-refractivity contribution in [1.29, 1.82) is 0 Å². The number of nitrogens with one attached hydrogen (secondary N) is 3. The monoisotopic (exact) mass is 388 g/mol. The first-order valence-electron chi connectivity index (χ1n) is 9.22. The van der Waals surface area contributed by atoms with Crippen LogP contribution in [0.1, 0.15) is 19.6 Å². The van der Waals surface area contributed by atoms with Gasteiger partial charge < -0.3 is 29.8 Å². The molecule has 8 heteroatoms. The smallest absolute Gasteiger partial charge is 0.242 e. The van der Waals surface area contributed by atoms with Crippen LogP contribution < -0.4 is 25.4 Å². The molecule has 0 aliphatic heterocycles. The van der Waals surface area contributed by atoms with Crippen LogP contribution in [0.2, 0.25) is 0 Å². The lowest BCUT2D eigenvalue weighted by Crippen LogP contribution is -2.42. The summed E-state index contributed by atoms with van der Waals surface area (Å²) < 4.78 is 16.3. The largest absolute Gasteiger partial charge is 0.497 e. The van der Waals surface area contributed by atoms with E-state index in [0.29, 0.717) is 31.4 Å². The van der Waals surface area contributed by atoms with Gasteiger partial charge in [-0.05, 0) is 38.1 Å². The molecule has 0 aliphatic rings. The van der Waals surface area contributed by atoms with E-state index in [-0.39, 0.29) is 18.6 Å². The Kier molecular flexibility index (Phi) is 8.71. The number of guanidine groups is 1. The zero-order chi connectivity index (χ0) is 20.2. The Labute approximate surface area is 165 Å². The van der Waals surface area contributed by atoms with Crippen molar-refractivity contribution in [2.45, 2.75) is 26.5 Å². The van der Waals surface area contributed by atoms with E-state index in [9.17, 15) is 4.79 Å². The summed E-state index contributed by atoms with van der Waals surface area (Å²) in [6, 6.07) is 11.0. The van der Waals surface area contributed by atoms with E-state index in [4.69, 9.17) is 13.9 Å². The Bertz CT molecular complexity index is 746. The maximum absolute atomic E-state index is 11.9. The van der Waals surface area contributed by atoms with E-state index in [1.165, 1.54) is 0 Å². The minimum atomic E-state index is -0.186. The number of carbonyl (C=O) groups is 1. The SMILES string of the molecule is CCNC(=NCC(=O)NCc1ccco1)NCC(C)Oc1cccc(OC)c1. The van der Waals surface area contributed by atoms with Crippen molar-refractivity contribution >= 4 is 11.9 Å². The highest BCUT2D eigenvalue weighted by atomic mass is 16.5. The van der Waals surface area contributed by atoms with Crippen molar-refractivity contribution in [2.75, 3.05) is 26.7 Å². The minimum absolute atomic E-state index is 0.0150. The lowest BCUT2D eigenvalue weighted by molar-refractivity contribution is -0.119. The van der Waals surface area contributed by atoms with Crippen molar-refractivity contribution in [2.24, 2.45) is 4.99 Å². The van der Waals surface area contributed by atoms with Crippen molar-refractivity contribution < 1.29 is 18.7 Å². The highest BCUT2D eigenvalue weighted by Crippen LogP contribution is 2.19. The molecule has 1 aromatic heterocycles. The summed E-state index contributed by atoms with van der Waals surface area (Å²) in [5.41, 5.74) is 0. The summed E-state index contributed by atoms with van der Waals surface area (Å²) in [6.07, 6.45) is 1.46. The first kappa shape index (κ1) is 21.1. The second-order valence-corrected chi connectivity index (χ2v) is 6.04. The van der Waals surface area contributed by atoms with Crippen LogP contribution in [-0.4, -0.2) is 44.7 Å². The van der Waals surface area contributed by atoms with Crippen LogP contribution >= 0.6 is 0 Å². The zero-order valence-corrected chi connectivity index (χ0v) is 16.5. The summed E-state index contributed by atoms with van der Waals surface area (Å²) in [7, 11) is 1.62. The standard InChI is InChI=1S/C20H28N4O4/c1-4-21-20(24-14-19(25)22-13-18-9-6-10-27-18)23-12-15(2)28-17-8-5-7-16(11-17)26-3/h5-11,15H,4,12-14H2,1-3H3,(H,22,25)(H2,21,23,24). The van der Waals surface area contributed by atoms with E-state index in [0.717, 1.165) is 11.5 Å². The molecule has 2 aromatic rings. The summed E-state index contributed by atoms with van der Waals surface area (Å²) in [5, 5.41) is 9.05. The van der Waals surface area contributed by atoms with E-state index < -0.39 is 0 Å². The number of rotatable bonds is 10. The molecule has 0 bridgehead atoms. The quantitative estimate of drug-likeness (QED) is 0.425. The number of ether oxygens (including phenoxy) is 2. The highest BCUT2D eigenvalue weighted by molar-refractivity contribution is 5.84. The number of furan rings is 1. The number of methoxy groups -OCH3 is 1. The Morgan fingerprint density at radius 3 is 2.71 bits per heavy atom. The molecule has 28 heavy (non-hydrogen) atoms. The third-order valence-electron chi connectivity index (χ3n) is 3.70. The first-order chi connectivity index (χ1) is 13.6. The van der Waals surface area contributed by atoms with Crippen molar-refractivity contribution in [3.8, 4) is 11.5 Å². The Morgan fingerprint density at radius 1 is 1.18 bits per heavy atom. The average molecular weight is 388 g/mol. The van der Waals surface area contributed by atoms with Gasteiger partial charge in [-0.3, -0.25) is 4.79 Å². The number of nitrogens with zero attached hydrogens (tertiary/aromatic N) is 1. The average Bonchev–Trinajstić information content (AvgIpc) is 3.22. The van der Waals surface area contributed by atoms with Crippen LogP contribution in [0.3, 0.4) is 0 Å². The van der Waals surface area contributed by atoms with Gasteiger partial charge >= 0.3 is 0 Å². The molecule has 2 rings (SSSR count). The summed E-state index contributed by atoms with van der Waals surface area (Å²) >= 11 is 0. The van der Waals surface area contributed by atoms with Gasteiger partial charge in [0.15, 0.2) is 5.96 Å². The number of hydrogen-bond acceptors (Lipinski definition) is 5. The molecule has 1 amide bonds. The van der Waals surface area contributed by atoms with E-state index in [2.05, 4.69) is 20.9 Å². The van der Waals surface area contributed by atoms with Crippen LogP contribution in [0.15, 0.2) is 52.1 Å². The van der Waals surface area contributed by atoms with Crippen LogP contribution in [-0.2, 0) is 11.3 Å². The van der Waals surface area contributed by atoms with Gasteiger partial charge in [0, 0.05) is 12.6 Å². The maximum Gasteiger partial charge on any atom is 0.242 e. The van der Waals surface area contributed by atoms with Crippen molar-refractivity contribution in [3.05, 3.63) is 48.4 Å². The number of aliphatic imine (C=N–C) groups is 1. The molecule has 0 aliphatic carbocycles. The molecule has 1 heterocycles. The molecule has 1 atom stereocenters. The molecule has 8 nitrogen and oxygen atoms in total. The summed E-state index contributed by atoms with van der Waals surface area (Å²) in [4.78, 5) is 16.2. The van der Waals surface area contributed by atoms with Crippen molar-refractivity contribution in [3.63, 3.8) is 0 Å². The first-order valence-corrected chi connectivity index (χ1v) is 9.22. The van der Waals surface area contributed by atoms with Crippen LogP contribution in [0.4, 0.5) is 0 Å². The van der Waals surface area contributed by atoms with Crippen LogP contribution in [0, 0.1) is 0 Å². The van der Waals surface area contributed by atoms with Gasteiger partial charge in [0.25, 0.3) is 0 Å². The molecule has 0 spiro atoms. The Hall–Kier alpha value is -3.16. The van der Waals surface area contributed by atoms with E-state index >= 15 is 0 Å². The molecule has 1 unspecified atom stereocenters. The molecule has 1 aromatic carbocycles. The molecule has 0 radical (unpaired) electrons. The lowest BCUT2D eigenvalue weighted by Gasteiger charge is -2.18. The molecule has 3 N–H and O–H groups in total. The molecule has 152 valence electrons. The molecule has 0 saturated heterocycles. The number of carbonyl (C=O) groups excluding carboxylic acids is 1. The molecule has 0 saturated carbocycles. The fourth-order valence-corrected chi connectivity index (χ4v) is 2.34. The third kappa shape index (κ3) is 7.61. The third-order valence-corrected chi connectivity index (χ3v) is 3.70. The Balaban J connectivity index is 1.78. The van der Waals surface area contributed by atoms with E-state index in [1.54, 1.807) is 25.5 Å². The Morgan fingerprint density at radius 2 is 2.00 bits per heavy atom. The highest BCUT2D eigenvalue weighted by Gasteiger charge is 2.08. The number of amides is 1. The number of benzene rings is 1. The zero-order valence-electron chi connectivity index (χ0n) is 16.5. The van der Waals surface area contributed by atoms with Gasteiger partial charge in [0.2, 0.25) is 5.91 Å². The predicted molar refractivity (Wildman–Crippen MR) is 108 cm³/mol. The normalized spacial score (nSPS) is 12.2. The topological polar surface area (TPSA) is 97.1 Å². The van der Waals surface area contributed by atoms with Gasteiger partial charge in [-0.1, -0.05) is 6.07 Å². The second kappa shape index (κ2) is 11.5. The van der Waals surface area contributed by atoms with Crippen LogP contribution in [0.5, 0.6) is 11.5 Å².